The van der Waals surface area contributed by atoms with Crippen molar-refractivity contribution in [3.05, 3.63) is 28.2 Å². The molecule has 2 rings (SSSR count). The second kappa shape index (κ2) is 6.99. The van der Waals surface area contributed by atoms with Crippen LogP contribution in [0.2, 0.25) is 0 Å². The zero-order valence-electron chi connectivity index (χ0n) is 12.4. The highest BCUT2D eigenvalue weighted by atomic mass is 79.9. The van der Waals surface area contributed by atoms with Crippen LogP contribution in [0.15, 0.2) is 27.6 Å². The van der Waals surface area contributed by atoms with Crippen LogP contribution in [0.25, 0.3) is 0 Å². The lowest BCUT2D eigenvalue weighted by Crippen LogP contribution is -2.42. The molecule has 0 spiro atoms. The van der Waals surface area contributed by atoms with E-state index in [-0.39, 0.29) is 6.04 Å². The molecule has 21 heavy (non-hydrogen) atoms. The molecular formula is C15H21BrClNO2S. The van der Waals surface area contributed by atoms with E-state index in [9.17, 15) is 8.42 Å². The Morgan fingerprint density at radius 3 is 2.57 bits per heavy atom. The summed E-state index contributed by atoms with van der Waals surface area (Å²) in [5.74, 6) is 0.772. The second-order valence-corrected chi connectivity index (χ2v) is 8.84. The Morgan fingerprint density at radius 2 is 2.00 bits per heavy atom. The van der Waals surface area contributed by atoms with Crippen molar-refractivity contribution in [3.63, 3.8) is 0 Å². The van der Waals surface area contributed by atoms with Gasteiger partial charge in [-0.1, -0.05) is 25.8 Å². The Hall–Kier alpha value is -0.100. The summed E-state index contributed by atoms with van der Waals surface area (Å²) in [6, 6.07) is 5.27. The van der Waals surface area contributed by atoms with Gasteiger partial charge in [0.25, 0.3) is 0 Å². The monoisotopic (exact) mass is 393 g/mol. The first kappa shape index (κ1) is 17.3. The fourth-order valence-electron chi connectivity index (χ4n) is 3.01. The Kier molecular flexibility index (Phi) is 5.74. The summed E-state index contributed by atoms with van der Waals surface area (Å²) >= 11 is 9.15. The number of alkyl halides is 1. The normalized spacial score (nSPS) is 23.5. The standard InChI is InChI=1S/C15H21BrClNO2S/c1-11-5-3-4-6-14(11)18(2)21(19,20)15-8-7-12(10-17)9-13(15)16/h7-9,11,14H,3-6,10H2,1-2H3. The third-order valence-electron chi connectivity index (χ3n) is 4.34. The van der Waals surface area contributed by atoms with Gasteiger partial charge in [0.1, 0.15) is 0 Å². The van der Waals surface area contributed by atoms with E-state index in [0.717, 1.165) is 24.8 Å². The fraction of sp³-hybridized carbons (Fsp3) is 0.600. The Labute approximate surface area is 140 Å². The summed E-state index contributed by atoms with van der Waals surface area (Å²) < 4.78 is 27.9. The number of hydrogen-bond acceptors (Lipinski definition) is 2. The molecule has 0 heterocycles. The lowest BCUT2D eigenvalue weighted by Gasteiger charge is -2.35. The molecule has 1 aliphatic rings. The van der Waals surface area contributed by atoms with Crippen LogP contribution < -0.4 is 0 Å². The molecule has 1 aromatic rings. The molecule has 2 unspecified atom stereocenters. The van der Waals surface area contributed by atoms with Crippen LogP contribution in [0, 0.1) is 5.92 Å². The number of rotatable bonds is 4. The first-order valence-corrected chi connectivity index (χ1v) is 9.97. The quantitative estimate of drug-likeness (QED) is 0.710. The molecular weight excluding hydrogens is 374 g/mol. The summed E-state index contributed by atoms with van der Waals surface area (Å²) in [7, 11) is -1.79. The Bertz CT molecular complexity index is 606. The molecule has 0 aliphatic heterocycles. The van der Waals surface area contributed by atoms with E-state index in [1.54, 1.807) is 29.6 Å². The molecule has 0 saturated heterocycles. The number of benzene rings is 1. The van der Waals surface area contributed by atoms with Crippen molar-refractivity contribution in [1.82, 2.24) is 4.31 Å². The van der Waals surface area contributed by atoms with Gasteiger partial charge in [0.2, 0.25) is 10.0 Å². The number of hydrogen-bond donors (Lipinski definition) is 0. The molecule has 0 radical (unpaired) electrons. The lowest BCUT2D eigenvalue weighted by atomic mass is 9.86. The third-order valence-corrected chi connectivity index (χ3v) is 7.51. The highest BCUT2D eigenvalue weighted by Crippen LogP contribution is 2.33. The average molecular weight is 395 g/mol. The zero-order valence-corrected chi connectivity index (χ0v) is 15.5. The summed E-state index contributed by atoms with van der Waals surface area (Å²) in [5, 5.41) is 0. The van der Waals surface area contributed by atoms with Crippen molar-refractivity contribution in [2.45, 2.75) is 49.4 Å². The van der Waals surface area contributed by atoms with E-state index in [1.807, 2.05) is 0 Å². The summed E-state index contributed by atoms with van der Waals surface area (Å²) in [4.78, 5) is 0.316. The Balaban J connectivity index is 2.32. The molecule has 2 atom stereocenters. The first-order valence-electron chi connectivity index (χ1n) is 7.20. The van der Waals surface area contributed by atoms with Crippen LogP contribution in [0.5, 0.6) is 0 Å². The van der Waals surface area contributed by atoms with Crippen molar-refractivity contribution in [2.24, 2.45) is 5.92 Å². The molecule has 1 fully saturated rings. The van der Waals surface area contributed by atoms with Crippen LogP contribution >= 0.6 is 27.5 Å². The second-order valence-electron chi connectivity index (χ2n) is 5.75. The van der Waals surface area contributed by atoms with Crippen molar-refractivity contribution in [2.75, 3.05) is 7.05 Å². The third kappa shape index (κ3) is 3.63. The molecule has 1 aliphatic carbocycles. The minimum absolute atomic E-state index is 0.0864. The number of halogens is 2. The summed E-state index contributed by atoms with van der Waals surface area (Å²) in [5.41, 5.74) is 0.899. The predicted molar refractivity (Wildman–Crippen MR) is 90.1 cm³/mol. The van der Waals surface area contributed by atoms with Crippen LogP contribution in [0.4, 0.5) is 0 Å². The van der Waals surface area contributed by atoms with Gasteiger partial charge in [0.15, 0.2) is 0 Å². The molecule has 0 aromatic heterocycles. The average Bonchev–Trinajstić information content (AvgIpc) is 2.46. The summed E-state index contributed by atoms with van der Waals surface area (Å²) in [6.45, 7) is 2.14. The van der Waals surface area contributed by atoms with E-state index >= 15 is 0 Å². The molecule has 6 heteroatoms. The summed E-state index contributed by atoms with van der Waals surface area (Å²) in [6.07, 6.45) is 4.33. The van der Waals surface area contributed by atoms with Gasteiger partial charge in [-0.25, -0.2) is 8.42 Å². The molecule has 0 bridgehead atoms. The van der Waals surface area contributed by atoms with Crippen LogP contribution in [-0.4, -0.2) is 25.8 Å². The van der Waals surface area contributed by atoms with Gasteiger partial charge in [-0.15, -0.1) is 11.6 Å². The first-order chi connectivity index (χ1) is 9.87. The van der Waals surface area contributed by atoms with E-state index in [2.05, 4.69) is 22.9 Å². The van der Waals surface area contributed by atoms with Gasteiger partial charge in [-0.2, -0.15) is 4.31 Å². The minimum atomic E-state index is -3.48. The van der Waals surface area contributed by atoms with Crippen LogP contribution in [0.1, 0.15) is 38.2 Å². The van der Waals surface area contributed by atoms with Crippen molar-refractivity contribution in [3.8, 4) is 0 Å². The van der Waals surface area contributed by atoms with Gasteiger partial charge < -0.3 is 0 Å². The highest BCUT2D eigenvalue weighted by Gasteiger charge is 2.33. The smallest absolute Gasteiger partial charge is 0.207 e. The molecule has 3 nitrogen and oxygen atoms in total. The van der Waals surface area contributed by atoms with Crippen LogP contribution in [0.3, 0.4) is 0 Å². The van der Waals surface area contributed by atoms with Crippen molar-refractivity contribution < 1.29 is 8.42 Å². The van der Waals surface area contributed by atoms with Gasteiger partial charge in [-0.3, -0.25) is 0 Å². The van der Waals surface area contributed by atoms with Gasteiger partial charge in [0, 0.05) is 23.4 Å². The highest BCUT2D eigenvalue weighted by molar-refractivity contribution is 9.10. The molecule has 0 N–H and O–H groups in total. The van der Waals surface area contributed by atoms with Crippen molar-refractivity contribution in [1.29, 1.82) is 0 Å². The topological polar surface area (TPSA) is 37.4 Å². The number of nitrogens with zero attached hydrogens (tertiary/aromatic N) is 1. The van der Waals surface area contributed by atoms with Gasteiger partial charge in [0.05, 0.1) is 4.90 Å². The maximum absolute atomic E-state index is 12.9. The van der Waals surface area contributed by atoms with E-state index in [4.69, 9.17) is 11.6 Å². The molecule has 118 valence electrons. The van der Waals surface area contributed by atoms with Crippen molar-refractivity contribution >= 4 is 37.6 Å². The van der Waals surface area contributed by atoms with Gasteiger partial charge in [-0.05, 0) is 52.4 Å². The lowest BCUT2D eigenvalue weighted by molar-refractivity contribution is 0.213. The van der Waals surface area contributed by atoms with E-state index in [1.165, 1.54) is 6.42 Å². The maximum Gasteiger partial charge on any atom is 0.244 e. The molecule has 1 saturated carbocycles. The van der Waals surface area contributed by atoms with E-state index in [0.29, 0.717) is 21.2 Å². The van der Waals surface area contributed by atoms with Gasteiger partial charge >= 0.3 is 0 Å². The van der Waals surface area contributed by atoms with Crippen LogP contribution in [-0.2, 0) is 15.9 Å². The maximum atomic E-state index is 12.9. The largest absolute Gasteiger partial charge is 0.244 e. The molecule has 1 aromatic carbocycles. The predicted octanol–water partition coefficient (Wildman–Crippen LogP) is 4.39. The Morgan fingerprint density at radius 1 is 1.33 bits per heavy atom. The fourth-order valence-corrected chi connectivity index (χ4v) is 5.74. The van der Waals surface area contributed by atoms with E-state index < -0.39 is 10.0 Å². The molecule has 0 amide bonds. The minimum Gasteiger partial charge on any atom is -0.207 e. The number of sulfonamides is 1. The SMILES string of the molecule is CC1CCCCC1N(C)S(=O)(=O)c1ccc(CCl)cc1Br. The zero-order chi connectivity index (χ0) is 15.6.